The smallest absolute Gasteiger partial charge is 0.222 e. The summed E-state index contributed by atoms with van der Waals surface area (Å²) in [6.07, 6.45) is 4.20. The number of H-pyrrole nitrogens is 1. The minimum Gasteiger partial charge on any atom is -0.425 e. The number of nitrogens with zero attached hydrogens (tertiary/aromatic N) is 3. The Balaban J connectivity index is 1.28. The summed E-state index contributed by atoms with van der Waals surface area (Å²) in [6.45, 7) is 0.693. The number of carbonyl (C=O) groups excluding carboxylic acids is 1. The molecule has 29 heavy (non-hydrogen) atoms. The van der Waals surface area contributed by atoms with Crippen molar-refractivity contribution in [2.24, 2.45) is 0 Å². The third kappa shape index (κ3) is 4.71. The number of hydrogen-bond donors (Lipinski definition) is 1. The largest absolute Gasteiger partial charge is 0.425 e. The van der Waals surface area contributed by atoms with Crippen LogP contribution in [-0.4, -0.2) is 39.6 Å². The zero-order valence-electron chi connectivity index (χ0n) is 16.5. The molecule has 0 atom stereocenters. The van der Waals surface area contributed by atoms with Gasteiger partial charge in [-0.3, -0.25) is 4.79 Å². The Morgan fingerprint density at radius 1 is 1.00 bits per heavy atom. The predicted molar refractivity (Wildman–Crippen MR) is 112 cm³/mol. The van der Waals surface area contributed by atoms with Gasteiger partial charge in [0.1, 0.15) is 0 Å². The number of hydrogen-bond acceptors (Lipinski definition) is 4. The van der Waals surface area contributed by atoms with Crippen molar-refractivity contribution in [2.45, 2.75) is 25.7 Å². The standard InChI is InChI=1S/C23H24N4O2/c1-27(14-13-17-7-3-2-4-8-17)23(28)12-11-21-25-26-22(29-21)15-18-16-24-20-10-6-5-9-19(18)20/h2-10,16,24H,11-15H2,1H3. The van der Waals surface area contributed by atoms with E-state index in [-0.39, 0.29) is 5.91 Å². The summed E-state index contributed by atoms with van der Waals surface area (Å²) in [5, 5.41) is 9.40. The van der Waals surface area contributed by atoms with Crippen molar-refractivity contribution in [1.82, 2.24) is 20.1 Å². The number of amides is 1. The first-order valence-electron chi connectivity index (χ1n) is 9.83. The van der Waals surface area contributed by atoms with Crippen molar-refractivity contribution < 1.29 is 9.21 Å². The highest BCUT2D eigenvalue weighted by molar-refractivity contribution is 5.83. The molecule has 0 aliphatic rings. The van der Waals surface area contributed by atoms with Gasteiger partial charge in [0.15, 0.2) is 0 Å². The van der Waals surface area contributed by atoms with Gasteiger partial charge >= 0.3 is 0 Å². The predicted octanol–water partition coefficient (Wildman–Crippen LogP) is 3.78. The maximum absolute atomic E-state index is 12.4. The lowest BCUT2D eigenvalue weighted by Gasteiger charge is -2.16. The van der Waals surface area contributed by atoms with Crippen molar-refractivity contribution in [3.05, 3.63) is 83.7 Å². The number of aromatic amines is 1. The molecule has 4 rings (SSSR count). The average molecular weight is 388 g/mol. The number of aromatic nitrogens is 3. The van der Waals surface area contributed by atoms with Crippen LogP contribution in [0.5, 0.6) is 0 Å². The SMILES string of the molecule is CN(CCc1ccccc1)C(=O)CCc1nnc(Cc2c[nH]c3ccccc23)o1. The Labute approximate surface area is 169 Å². The fourth-order valence-electron chi connectivity index (χ4n) is 3.37. The van der Waals surface area contributed by atoms with Crippen LogP contribution in [0.2, 0.25) is 0 Å². The van der Waals surface area contributed by atoms with E-state index >= 15 is 0 Å². The maximum atomic E-state index is 12.4. The minimum atomic E-state index is 0.0808. The van der Waals surface area contributed by atoms with E-state index in [2.05, 4.69) is 33.4 Å². The van der Waals surface area contributed by atoms with E-state index in [1.807, 2.05) is 49.6 Å². The number of nitrogens with one attached hydrogen (secondary N) is 1. The maximum Gasteiger partial charge on any atom is 0.222 e. The summed E-state index contributed by atoms with van der Waals surface area (Å²) >= 11 is 0. The fraction of sp³-hybridized carbons (Fsp3) is 0.261. The van der Waals surface area contributed by atoms with Gasteiger partial charge in [-0.1, -0.05) is 48.5 Å². The van der Waals surface area contributed by atoms with E-state index in [0.29, 0.717) is 37.6 Å². The molecular formula is C23H24N4O2. The van der Waals surface area contributed by atoms with Crippen molar-refractivity contribution in [3.8, 4) is 0 Å². The van der Waals surface area contributed by atoms with E-state index < -0.39 is 0 Å². The van der Waals surface area contributed by atoms with Crippen LogP contribution in [0.1, 0.15) is 29.3 Å². The van der Waals surface area contributed by atoms with Crippen molar-refractivity contribution in [1.29, 1.82) is 0 Å². The molecule has 0 spiro atoms. The van der Waals surface area contributed by atoms with Crippen molar-refractivity contribution >= 4 is 16.8 Å². The summed E-state index contributed by atoms with van der Waals surface area (Å²) in [5.74, 6) is 1.15. The molecule has 4 aromatic rings. The first-order chi connectivity index (χ1) is 14.2. The van der Waals surface area contributed by atoms with Gasteiger partial charge in [0.2, 0.25) is 17.7 Å². The molecule has 2 aromatic heterocycles. The number of aryl methyl sites for hydroxylation is 1. The van der Waals surface area contributed by atoms with Crippen LogP contribution in [0, 0.1) is 0 Å². The number of benzene rings is 2. The molecule has 1 N–H and O–H groups in total. The molecule has 2 aromatic carbocycles. The van der Waals surface area contributed by atoms with E-state index in [1.54, 1.807) is 4.90 Å². The molecule has 6 heteroatoms. The van der Waals surface area contributed by atoms with Gasteiger partial charge in [-0.2, -0.15) is 0 Å². The molecule has 0 aliphatic heterocycles. The third-order valence-corrected chi connectivity index (χ3v) is 5.08. The van der Waals surface area contributed by atoms with Crippen LogP contribution in [0.25, 0.3) is 10.9 Å². The molecule has 2 heterocycles. The number of carbonyl (C=O) groups is 1. The monoisotopic (exact) mass is 388 g/mol. The summed E-state index contributed by atoms with van der Waals surface area (Å²) < 4.78 is 5.76. The van der Waals surface area contributed by atoms with Gasteiger partial charge in [-0.25, -0.2) is 0 Å². The van der Waals surface area contributed by atoms with Crippen LogP contribution in [0.4, 0.5) is 0 Å². The van der Waals surface area contributed by atoms with E-state index in [4.69, 9.17) is 4.42 Å². The molecule has 0 fully saturated rings. The fourth-order valence-corrected chi connectivity index (χ4v) is 3.37. The van der Waals surface area contributed by atoms with Crippen LogP contribution in [-0.2, 0) is 24.1 Å². The molecule has 1 amide bonds. The molecule has 0 aliphatic carbocycles. The van der Waals surface area contributed by atoms with Crippen LogP contribution >= 0.6 is 0 Å². The normalized spacial score (nSPS) is 11.1. The quantitative estimate of drug-likeness (QED) is 0.498. The van der Waals surface area contributed by atoms with Gasteiger partial charge in [0, 0.05) is 43.5 Å². The first kappa shape index (κ1) is 18.9. The molecule has 148 valence electrons. The van der Waals surface area contributed by atoms with E-state index in [9.17, 15) is 4.79 Å². The number of rotatable bonds is 8. The molecule has 0 saturated carbocycles. The Hall–Kier alpha value is -3.41. The Morgan fingerprint density at radius 2 is 1.76 bits per heavy atom. The average Bonchev–Trinajstić information content (AvgIpc) is 3.38. The van der Waals surface area contributed by atoms with Crippen molar-refractivity contribution in [3.63, 3.8) is 0 Å². The molecule has 0 unspecified atom stereocenters. The van der Waals surface area contributed by atoms with E-state index in [1.165, 1.54) is 5.56 Å². The van der Waals surface area contributed by atoms with Crippen LogP contribution < -0.4 is 0 Å². The topological polar surface area (TPSA) is 75.0 Å². The zero-order valence-corrected chi connectivity index (χ0v) is 16.5. The van der Waals surface area contributed by atoms with Gasteiger partial charge in [0.25, 0.3) is 0 Å². The second kappa shape index (κ2) is 8.73. The second-order valence-electron chi connectivity index (χ2n) is 7.18. The highest BCUT2D eigenvalue weighted by Gasteiger charge is 2.14. The Morgan fingerprint density at radius 3 is 2.62 bits per heavy atom. The van der Waals surface area contributed by atoms with Crippen molar-refractivity contribution in [2.75, 3.05) is 13.6 Å². The zero-order chi connectivity index (χ0) is 20.1. The lowest BCUT2D eigenvalue weighted by atomic mass is 10.1. The third-order valence-electron chi connectivity index (χ3n) is 5.08. The number of para-hydroxylation sites is 1. The molecule has 0 saturated heterocycles. The summed E-state index contributed by atoms with van der Waals surface area (Å²) in [4.78, 5) is 17.4. The van der Waals surface area contributed by atoms with Crippen LogP contribution in [0.3, 0.4) is 0 Å². The van der Waals surface area contributed by atoms with Gasteiger partial charge in [-0.15, -0.1) is 10.2 Å². The lowest BCUT2D eigenvalue weighted by Crippen LogP contribution is -2.29. The van der Waals surface area contributed by atoms with E-state index in [0.717, 1.165) is 22.9 Å². The summed E-state index contributed by atoms with van der Waals surface area (Å²) in [6, 6.07) is 18.3. The number of fused-ring (bicyclic) bond motifs is 1. The Kier molecular flexibility index (Phi) is 5.70. The van der Waals surface area contributed by atoms with Crippen LogP contribution in [0.15, 0.2) is 65.2 Å². The molecule has 6 nitrogen and oxygen atoms in total. The lowest BCUT2D eigenvalue weighted by molar-refractivity contribution is -0.129. The summed E-state index contributed by atoms with van der Waals surface area (Å²) in [5.41, 5.74) is 3.44. The van der Waals surface area contributed by atoms with Gasteiger partial charge in [0.05, 0.1) is 6.42 Å². The highest BCUT2D eigenvalue weighted by atomic mass is 16.4. The van der Waals surface area contributed by atoms with Gasteiger partial charge < -0.3 is 14.3 Å². The number of likely N-dealkylation sites (N-methyl/N-ethyl adjacent to an activating group) is 1. The van der Waals surface area contributed by atoms with Gasteiger partial charge in [-0.05, 0) is 23.6 Å². The Bertz CT molecular complexity index is 1080. The molecular weight excluding hydrogens is 364 g/mol. The minimum absolute atomic E-state index is 0.0808. The summed E-state index contributed by atoms with van der Waals surface area (Å²) in [7, 11) is 1.83. The molecule has 0 radical (unpaired) electrons. The highest BCUT2D eigenvalue weighted by Crippen LogP contribution is 2.20. The first-order valence-corrected chi connectivity index (χ1v) is 9.83. The second-order valence-corrected chi connectivity index (χ2v) is 7.18. The molecule has 0 bridgehead atoms.